The Balaban J connectivity index is 0.00000261. The molecule has 1 aliphatic rings. The molecule has 1 aromatic heterocycles. The van der Waals surface area contributed by atoms with Gasteiger partial charge in [-0.25, -0.2) is 0 Å². The van der Waals surface area contributed by atoms with Crippen molar-refractivity contribution in [3.8, 4) is 6.01 Å². The molecule has 9 nitrogen and oxygen atoms in total. The molecule has 2 heterocycles. The summed E-state index contributed by atoms with van der Waals surface area (Å²) in [5, 5.41) is 3.10. The summed E-state index contributed by atoms with van der Waals surface area (Å²) in [4.78, 5) is 26.3. The molecule has 0 spiro atoms. The summed E-state index contributed by atoms with van der Waals surface area (Å²) in [6, 6.07) is 7.21. The molecule has 0 unspecified atom stereocenters. The van der Waals surface area contributed by atoms with Crippen molar-refractivity contribution in [2.75, 3.05) is 30.4 Å². The summed E-state index contributed by atoms with van der Waals surface area (Å²) in [5.41, 5.74) is 13.5. The molecule has 2 aromatic rings. The van der Waals surface area contributed by atoms with Crippen molar-refractivity contribution in [2.45, 2.75) is 25.4 Å². The lowest BCUT2D eigenvalue weighted by Gasteiger charge is -2.34. The normalized spacial score (nSPS) is 19.2. The van der Waals surface area contributed by atoms with Gasteiger partial charge in [-0.3, -0.25) is 4.79 Å². The van der Waals surface area contributed by atoms with Crippen molar-refractivity contribution >= 4 is 35.8 Å². The Bertz CT molecular complexity index is 777. The lowest BCUT2D eigenvalue weighted by atomic mass is 10.0. The molecule has 1 aliphatic heterocycles. The zero-order valence-electron chi connectivity index (χ0n) is 15.3. The Hall–Kier alpha value is -2.49. The van der Waals surface area contributed by atoms with Gasteiger partial charge in [-0.1, -0.05) is 0 Å². The second kappa shape index (κ2) is 8.94. The van der Waals surface area contributed by atoms with Crippen molar-refractivity contribution < 1.29 is 9.53 Å². The molecule has 1 saturated heterocycles. The molecule has 0 radical (unpaired) electrons. The van der Waals surface area contributed by atoms with E-state index < -0.39 is 0 Å². The van der Waals surface area contributed by atoms with E-state index in [2.05, 4.69) is 20.3 Å². The van der Waals surface area contributed by atoms with E-state index in [4.69, 9.17) is 16.2 Å². The van der Waals surface area contributed by atoms with E-state index in [1.807, 2.05) is 4.90 Å². The van der Waals surface area contributed by atoms with Crippen LogP contribution in [-0.4, -0.2) is 53.0 Å². The number of carbonyl (C=O) groups excluding carboxylic acids is 1. The van der Waals surface area contributed by atoms with Gasteiger partial charge < -0.3 is 26.4 Å². The van der Waals surface area contributed by atoms with Gasteiger partial charge in [-0.05, 0) is 37.6 Å². The van der Waals surface area contributed by atoms with Gasteiger partial charge in [0.1, 0.15) is 0 Å². The largest absolute Gasteiger partial charge is 0.467 e. The van der Waals surface area contributed by atoms with Crippen LogP contribution < -0.4 is 26.4 Å². The van der Waals surface area contributed by atoms with Gasteiger partial charge in [0.15, 0.2) is 5.78 Å². The van der Waals surface area contributed by atoms with Crippen LogP contribution in [0.4, 0.5) is 17.6 Å². The molecule has 0 saturated carbocycles. The number of nitrogens with zero attached hydrogens (tertiary/aromatic N) is 4. The van der Waals surface area contributed by atoms with Crippen LogP contribution in [0.1, 0.15) is 23.7 Å². The summed E-state index contributed by atoms with van der Waals surface area (Å²) in [7, 11) is 1.50. The number of Topliss-reactive ketones (excluding diaryl/α,β-unsaturated/α-hetero) is 1. The number of ketones is 1. The van der Waals surface area contributed by atoms with E-state index in [9.17, 15) is 4.79 Å². The third kappa shape index (κ3) is 5.25. The number of hydrogen-bond donors (Lipinski definition) is 3. The Kier molecular flexibility index (Phi) is 6.89. The van der Waals surface area contributed by atoms with Crippen LogP contribution in [0.5, 0.6) is 6.01 Å². The number of ether oxygens (including phenoxy) is 1. The first-order chi connectivity index (χ1) is 12.4. The van der Waals surface area contributed by atoms with Crippen LogP contribution in [0.15, 0.2) is 24.3 Å². The van der Waals surface area contributed by atoms with Gasteiger partial charge in [0.2, 0.25) is 11.9 Å². The van der Waals surface area contributed by atoms with E-state index in [1.165, 1.54) is 14.0 Å². The maximum atomic E-state index is 11.4. The van der Waals surface area contributed by atoms with Crippen LogP contribution >= 0.6 is 12.4 Å². The number of benzene rings is 1. The smallest absolute Gasteiger partial charge is 0.322 e. The highest BCUT2D eigenvalue weighted by molar-refractivity contribution is 5.94. The highest BCUT2D eigenvalue weighted by Gasteiger charge is 2.25. The number of halogens is 1. The van der Waals surface area contributed by atoms with Gasteiger partial charge in [0, 0.05) is 36.4 Å². The number of aromatic nitrogens is 3. The summed E-state index contributed by atoms with van der Waals surface area (Å²) in [6.45, 7) is 2.76. The van der Waals surface area contributed by atoms with E-state index in [1.54, 1.807) is 24.3 Å². The van der Waals surface area contributed by atoms with Crippen molar-refractivity contribution in [3.63, 3.8) is 0 Å². The Morgan fingerprint density at radius 1 is 1.15 bits per heavy atom. The van der Waals surface area contributed by atoms with E-state index in [0.717, 1.165) is 12.1 Å². The quantitative estimate of drug-likeness (QED) is 0.639. The minimum absolute atomic E-state index is 0. The Morgan fingerprint density at radius 2 is 1.78 bits per heavy atom. The first-order valence-corrected chi connectivity index (χ1v) is 8.39. The summed E-state index contributed by atoms with van der Waals surface area (Å²) in [5.74, 6) is 0.818. The number of nitrogens with two attached hydrogens (primary N) is 2. The molecule has 0 amide bonds. The fourth-order valence-electron chi connectivity index (χ4n) is 2.89. The molecule has 5 N–H and O–H groups in total. The van der Waals surface area contributed by atoms with Crippen LogP contribution in [-0.2, 0) is 0 Å². The number of hydrogen-bond acceptors (Lipinski definition) is 9. The third-order valence-corrected chi connectivity index (χ3v) is 4.13. The van der Waals surface area contributed by atoms with Crippen LogP contribution in [0.25, 0.3) is 0 Å². The van der Waals surface area contributed by atoms with Gasteiger partial charge in [-0.15, -0.1) is 12.4 Å². The van der Waals surface area contributed by atoms with Crippen LogP contribution in [0.2, 0.25) is 0 Å². The number of rotatable bonds is 5. The zero-order chi connectivity index (χ0) is 18.7. The third-order valence-electron chi connectivity index (χ3n) is 4.13. The Morgan fingerprint density at radius 3 is 2.33 bits per heavy atom. The van der Waals surface area contributed by atoms with E-state index >= 15 is 0 Å². The molecule has 1 fully saturated rings. The molecule has 146 valence electrons. The molecule has 0 bridgehead atoms. The monoisotopic (exact) mass is 393 g/mol. The van der Waals surface area contributed by atoms with Crippen LogP contribution in [0.3, 0.4) is 0 Å². The average molecular weight is 394 g/mol. The molecular weight excluding hydrogens is 370 g/mol. The first-order valence-electron chi connectivity index (χ1n) is 8.39. The minimum Gasteiger partial charge on any atom is -0.467 e. The number of anilines is 3. The number of carbonyl (C=O) groups is 1. The summed E-state index contributed by atoms with van der Waals surface area (Å²) in [6.07, 6.45) is 0.770. The number of methoxy groups -OCH3 is 1. The van der Waals surface area contributed by atoms with Crippen LogP contribution in [0, 0.1) is 0 Å². The summed E-state index contributed by atoms with van der Waals surface area (Å²) >= 11 is 0. The predicted molar refractivity (Wildman–Crippen MR) is 106 cm³/mol. The van der Waals surface area contributed by atoms with E-state index in [0.29, 0.717) is 30.5 Å². The lowest BCUT2D eigenvalue weighted by Crippen LogP contribution is -2.52. The minimum atomic E-state index is -0.0305. The molecule has 0 aliphatic carbocycles. The standard InChI is InChI=1S/C17H23N7O2.ClH/c1-10(25)11-3-5-14(6-4-11)20-15-21-16(23-17(22-15)26-2)24-8-12(18)7-13(19)9-24;/h3-6,12-13H,7-9,18-19H2,1-2H3,(H,20,21,22,23);1H/t12-,13+;. The van der Waals surface area contributed by atoms with Gasteiger partial charge in [-0.2, -0.15) is 15.0 Å². The molecule has 10 heteroatoms. The lowest BCUT2D eigenvalue weighted by molar-refractivity contribution is 0.101. The number of piperidine rings is 1. The van der Waals surface area contributed by atoms with Crippen molar-refractivity contribution in [1.82, 2.24) is 15.0 Å². The highest BCUT2D eigenvalue weighted by atomic mass is 35.5. The molecule has 2 atom stereocenters. The first kappa shape index (κ1) is 20.8. The maximum Gasteiger partial charge on any atom is 0.322 e. The molecule has 1 aromatic carbocycles. The predicted octanol–water partition coefficient (Wildman–Crippen LogP) is 1.11. The second-order valence-electron chi connectivity index (χ2n) is 6.37. The zero-order valence-corrected chi connectivity index (χ0v) is 16.1. The SMILES string of the molecule is COc1nc(Nc2ccc(C(C)=O)cc2)nc(N2C[C@H](N)C[C@H](N)C2)n1.Cl. The second-order valence-corrected chi connectivity index (χ2v) is 6.37. The van der Waals surface area contributed by atoms with Crippen molar-refractivity contribution in [2.24, 2.45) is 11.5 Å². The Labute approximate surface area is 163 Å². The fourth-order valence-corrected chi connectivity index (χ4v) is 2.89. The van der Waals surface area contributed by atoms with Crippen molar-refractivity contribution in [1.29, 1.82) is 0 Å². The van der Waals surface area contributed by atoms with E-state index in [-0.39, 0.29) is 36.3 Å². The van der Waals surface area contributed by atoms with Gasteiger partial charge in [0.25, 0.3) is 0 Å². The van der Waals surface area contributed by atoms with Crippen molar-refractivity contribution in [3.05, 3.63) is 29.8 Å². The highest BCUT2D eigenvalue weighted by Crippen LogP contribution is 2.21. The summed E-state index contributed by atoms with van der Waals surface area (Å²) < 4.78 is 5.19. The molecule has 27 heavy (non-hydrogen) atoms. The van der Waals surface area contributed by atoms with Gasteiger partial charge >= 0.3 is 6.01 Å². The fraction of sp³-hybridized carbons (Fsp3) is 0.412. The van der Waals surface area contributed by atoms with Gasteiger partial charge in [0.05, 0.1) is 7.11 Å². The molecular formula is C17H24ClN7O2. The average Bonchev–Trinajstić information content (AvgIpc) is 2.61. The topological polar surface area (TPSA) is 132 Å². The number of nitrogens with one attached hydrogen (secondary N) is 1. The molecule has 3 rings (SSSR count). The maximum absolute atomic E-state index is 11.4.